The van der Waals surface area contributed by atoms with Crippen LogP contribution < -0.4 is 5.32 Å². The highest BCUT2D eigenvalue weighted by Gasteiger charge is 2.37. The lowest BCUT2D eigenvalue weighted by molar-refractivity contribution is 0.352. The maximum atomic E-state index is 4.17. The maximum Gasteiger partial charge on any atom is 0.149 e. The molecule has 1 fully saturated rings. The lowest BCUT2D eigenvalue weighted by atomic mass is 9.91. The van der Waals surface area contributed by atoms with E-state index in [0.717, 1.165) is 11.7 Å². The van der Waals surface area contributed by atoms with Crippen LogP contribution in [0.2, 0.25) is 0 Å². The van der Waals surface area contributed by atoms with E-state index in [1.54, 1.807) is 6.33 Å². The lowest BCUT2D eigenvalue weighted by Gasteiger charge is -2.22. The Bertz CT molecular complexity index is 383. The first-order chi connectivity index (χ1) is 7.89. The molecule has 0 bridgehead atoms. The van der Waals surface area contributed by atoms with E-state index >= 15 is 0 Å². The van der Waals surface area contributed by atoms with Crippen LogP contribution in [0.1, 0.15) is 52.4 Å². The molecule has 0 saturated heterocycles. The molecule has 96 valence electrons. The van der Waals surface area contributed by atoms with Crippen molar-refractivity contribution in [2.45, 2.75) is 52.6 Å². The Morgan fingerprint density at radius 1 is 1.47 bits per heavy atom. The summed E-state index contributed by atoms with van der Waals surface area (Å²) in [6.07, 6.45) is 4.31. The van der Waals surface area contributed by atoms with E-state index in [0.29, 0.717) is 11.5 Å². The summed E-state index contributed by atoms with van der Waals surface area (Å²) < 4.78 is 1.99. The van der Waals surface area contributed by atoms with Gasteiger partial charge in [0, 0.05) is 13.1 Å². The molecule has 4 nitrogen and oxygen atoms in total. The van der Waals surface area contributed by atoms with Crippen LogP contribution in [0.25, 0.3) is 0 Å². The molecule has 3 unspecified atom stereocenters. The fourth-order valence-corrected chi connectivity index (χ4v) is 3.20. The first-order valence-corrected chi connectivity index (χ1v) is 6.49. The average molecular weight is 236 g/mol. The van der Waals surface area contributed by atoms with Gasteiger partial charge in [-0.15, -0.1) is 10.2 Å². The molecule has 0 amide bonds. The number of hydrogen-bond acceptors (Lipinski definition) is 3. The van der Waals surface area contributed by atoms with E-state index in [1.807, 2.05) is 11.6 Å². The van der Waals surface area contributed by atoms with Crippen LogP contribution in [0.3, 0.4) is 0 Å². The average Bonchev–Trinajstić information content (AvgIpc) is 2.71. The van der Waals surface area contributed by atoms with E-state index in [-0.39, 0.29) is 6.04 Å². The molecule has 0 radical (unpaired) electrons. The topological polar surface area (TPSA) is 42.7 Å². The summed E-state index contributed by atoms with van der Waals surface area (Å²) in [6, 6.07) is 0.862. The zero-order valence-corrected chi connectivity index (χ0v) is 11.6. The number of hydrogen-bond donors (Lipinski definition) is 1. The third-order valence-corrected chi connectivity index (χ3v) is 3.93. The predicted molar refractivity (Wildman–Crippen MR) is 68.5 cm³/mol. The molecule has 3 atom stereocenters. The smallest absolute Gasteiger partial charge is 0.149 e. The van der Waals surface area contributed by atoms with E-state index in [2.05, 4.69) is 43.2 Å². The van der Waals surface area contributed by atoms with E-state index in [4.69, 9.17) is 0 Å². The fraction of sp³-hybridized carbons (Fsp3) is 0.846. The van der Waals surface area contributed by atoms with Gasteiger partial charge in [-0.1, -0.05) is 20.8 Å². The van der Waals surface area contributed by atoms with Crippen LogP contribution in [-0.4, -0.2) is 20.8 Å². The van der Waals surface area contributed by atoms with Crippen molar-refractivity contribution in [2.24, 2.45) is 18.4 Å². The second-order valence-electron chi connectivity index (χ2n) is 6.34. The summed E-state index contributed by atoms with van der Waals surface area (Å²) in [4.78, 5) is 0. The third-order valence-electron chi connectivity index (χ3n) is 3.93. The van der Waals surface area contributed by atoms with Gasteiger partial charge in [0.15, 0.2) is 0 Å². The third kappa shape index (κ3) is 2.68. The standard InChI is InChI=1S/C13H24N4/c1-9-6-13(3,4)7-11(9)15-10(2)12-16-14-8-17(12)5/h8-11,15H,6-7H2,1-5H3. The van der Waals surface area contributed by atoms with Gasteiger partial charge in [0.25, 0.3) is 0 Å². The van der Waals surface area contributed by atoms with Crippen LogP contribution >= 0.6 is 0 Å². The van der Waals surface area contributed by atoms with Gasteiger partial charge in [-0.2, -0.15) is 0 Å². The summed E-state index contributed by atoms with van der Waals surface area (Å²) in [5.41, 5.74) is 0.469. The molecular formula is C13H24N4. The zero-order valence-electron chi connectivity index (χ0n) is 11.6. The van der Waals surface area contributed by atoms with Crippen LogP contribution in [0.4, 0.5) is 0 Å². The first-order valence-electron chi connectivity index (χ1n) is 6.49. The van der Waals surface area contributed by atoms with E-state index in [9.17, 15) is 0 Å². The van der Waals surface area contributed by atoms with Crippen molar-refractivity contribution in [3.63, 3.8) is 0 Å². The summed E-state index contributed by atoms with van der Waals surface area (Å²) in [5, 5.41) is 11.8. The van der Waals surface area contributed by atoms with E-state index < -0.39 is 0 Å². The molecule has 1 aromatic rings. The van der Waals surface area contributed by atoms with Gasteiger partial charge in [0.2, 0.25) is 0 Å². The van der Waals surface area contributed by atoms with Gasteiger partial charge >= 0.3 is 0 Å². The fourth-order valence-electron chi connectivity index (χ4n) is 3.20. The summed E-state index contributed by atoms with van der Waals surface area (Å²) in [5.74, 6) is 1.75. The predicted octanol–water partition coefficient (Wildman–Crippen LogP) is 2.29. The largest absolute Gasteiger partial charge is 0.319 e. The van der Waals surface area contributed by atoms with Gasteiger partial charge in [0.05, 0.1) is 6.04 Å². The number of aromatic nitrogens is 3. The summed E-state index contributed by atoms with van der Waals surface area (Å²) >= 11 is 0. The Kier molecular flexibility index (Phi) is 3.25. The van der Waals surface area contributed by atoms with Gasteiger partial charge < -0.3 is 9.88 Å². The molecule has 4 heteroatoms. The Morgan fingerprint density at radius 3 is 2.65 bits per heavy atom. The van der Waals surface area contributed by atoms with Crippen molar-refractivity contribution in [3.05, 3.63) is 12.2 Å². The lowest BCUT2D eigenvalue weighted by Crippen LogP contribution is -2.34. The number of nitrogens with zero attached hydrogens (tertiary/aromatic N) is 3. The molecule has 17 heavy (non-hydrogen) atoms. The normalized spacial score (nSPS) is 29.5. The SMILES string of the molecule is CC(NC1CC(C)(C)CC1C)c1nncn1C. The minimum Gasteiger partial charge on any atom is -0.319 e. The zero-order chi connectivity index (χ0) is 12.6. The Morgan fingerprint density at radius 2 is 2.18 bits per heavy atom. The van der Waals surface area contributed by atoms with Crippen molar-refractivity contribution < 1.29 is 0 Å². The molecule has 0 aliphatic heterocycles. The van der Waals surface area contributed by atoms with Gasteiger partial charge in [0.1, 0.15) is 12.2 Å². The number of aryl methyl sites for hydroxylation is 1. The summed E-state index contributed by atoms with van der Waals surface area (Å²) in [7, 11) is 2.00. The van der Waals surface area contributed by atoms with Gasteiger partial charge in [-0.05, 0) is 31.1 Å². The Hall–Kier alpha value is -0.900. The van der Waals surface area contributed by atoms with Crippen molar-refractivity contribution >= 4 is 0 Å². The van der Waals surface area contributed by atoms with Gasteiger partial charge in [-0.25, -0.2) is 0 Å². The molecule has 1 heterocycles. The Balaban J connectivity index is 2.00. The molecule has 1 N–H and O–H groups in total. The van der Waals surface area contributed by atoms with Crippen LogP contribution in [0, 0.1) is 11.3 Å². The molecule has 2 rings (SSSR count). The van der Waals surface area contributed by atoms with Crippen molar-refractivity contribution in [1.82, 2.24) is 20.1 Å². The van der Waals surface area contributed by atoms with Crippen molar-refractivity contribution in [2.75, 3.05) is 0 Å². The highest BCUT2D eigenvalue weighted by Crippen LogP contribution is 2.41. The monoisotopic (exact) mass is 236 g/mol. The van der Waals surface area contributed by atoms with Crippen molar-refractivity contribution in [1.29, 1.82) is 0 Å². The molecule has 1 aliphatic rings. The van der Waals surface area contributed by atoms with Crippen molar-refractivity contribution in [3.8, 4) is 0 Å². The maximum absolute atomic E-state index is 4.17. The molecule has 1 aliphatic carbocycles. The molecule has 0 spiro atoms. The minimum absolute atomic E-state index is 0.267. The molecular weight excluding hydrogens is 212 g/mol. The summed E-state index contributed by atoms with van der Waals surface area (Å²) in [6.45, 7) is 9.23. The number of nitrogens with one attached hydrogen (secondary N) is 1. The molecule has 1 saturated carbocycles. The second-order valence-corrected chi connectivity index (χ2v) is 6.34. The van der Waals surface area contributed by atoms with E-state index in [1.165, 1.54) is 12.8 Å². The molecule has 1 aromatic heterocycles. The minimum atomic E-state index is 0.267. The quantitative estimate of drug-likeness (QED) is 0.875. The highest BCUT2D eigenvalue weighted by molar-refractivity contribution is 4.97. The van der Waals surface area contributed by atoms with Crippen LogP contribution in [-0.2, 0) is 7.05 Å². The second kappa shape index (κ2) is 4.41. The molecule has 0 aromatic carbocycles. The van der Waals surface area contributed by atoms with Gasteiger partial charge in [-0.3, -0.25) is 0 Å². The first kappa shape index (κ1) is 12.6. The van der Waals surface area contributed by atoms with Crippen LogP contribution in [0.5, 0.6) is 0 Å². The number of rotatable bonds is 3. The Labute approximate surface area is 104 Å². The highest BCUT2D eigenvalue weighted by atomic mass is 15.3. The van der Waals surface area contributed by atoms with Crippen LogP contribution in [0.15, 0.2) is 6.33 Å².